The number of ether oxygens (including phenoxy) is 1. The number of aryl methyl sites for hydroxylation is 1. The molecule has 0 aromatic heterocycles. The van der Waals surface area contributed by atoms with Gasteiger partial charge < -0.3 is 4.74 Å². The van der Waals surface area contributed by atoms with E-state index in [1.165, 1.54) is 17.5 Å². The van der Waals surface area contributed by atoms with Crippen molar-refractivity contribution >= 4 is 22.2 Å². The van der Waals surface area contributed by atoms with Crippen LogP contribution < -0.4 is 4.74 Å². The van der Waals surface area contributed by atoms with Crippen molar-refractivity contribution in [2.75, 3.05) is 6.61 Å². The minimum Gasteiger partial charge on any atom is -0.491 e. The van der Waals surface area contributed by atoms with Crippen LogP contribution in [0.25, 0.3) is 0 Å². The van der Waals surface area contributed by atoms with E-state index >= 15 is 0 Å². The molecule has 0 heterocycles. The maximum atomic E-state index is 11.1. The number of carbonyl (C=O) groups excluding carboxylic acids is 1. The summed E-state index contributed by atoms with van der Waals surface area (Å²) in [6.45, 7) is 0.612. The van der Waals surface area contributed by atoms with Gasteiger partial charge in [0.05, 0.1) is 16.6 Å². The van der Waals surface area contributed by atoms with Gasteiger partial charge in [-0.05, 0) is 58.5 Å². The average Bonchev–Trinajstić information content (AvgIpc) is 2.53. The lowest BCUT2D eigenvalue weighted by Crippen LogP contribution is -2.17. The van der Waals surface area contributed by atoms with E-state index in [1.54, 1.807) is 6.07 Å². The zero-order valence-corrected chi connectivity index (χ0v) is 13.3. The van der Waals surface area contributed by atoms with Gasteiger partial charge in [-0.2, -0.15) is 0 Å². The third-order valence-electron chi connectivity index (χ3n) is 4.05. The van der Waals surface area contributed by atoms with Gasteiger partial charge >= 0.3 is 0 Å². The van der Waals surface area contributed by atoms with Crippen molar-refractivity contribution in [1.82, 2.24) is 0 Å². The Balaban J connectivity index is 1.79. The molecule has 0 bridgehead atoms. The predicted molar refractivity (Wildman–Crippen MR) is 87.1 cm³/mol. The Morgan fingerprint density at radius 3 is 2.90 bits per heavy atom. The van der Waals surface area contributed by atoms with Gasteiger partial charge in [0.25, 0.3) is 0 Å². The molecule has 0 amide bonds. The number of benzene rings is 2. The zero-order chi connectivity index (χ0) is 14.7. The van der Waals surface area contributed by atoms with Crippen LogP contribution in [-0.2, 0) is 6.42 Å². The number of rotatable bonds is 4. The maximum absolute atomic E-state index is 11.1. The predicted octanol–water partition coefficient (Wildman–Crippen LogP) is 4.76. The van der Waals surface area contributed by atoms with Crippen molar-refractivity contribution in [2.24, 2.45) is 0 Å². The van der Waals surface area contributed by atoms with E-state index in [-0.39, 0.29) is 0 Å². The molecule has 1 aliphatic carbocycles. The quantitative estimate of drug-likeness (QED) is 0.747. The van der Waals surface area contributed by atoms with Crippen molar-refractivity contribution in [1.29, 1.82) is 0 Å². The van der Waals surface area contributed by atoms with Gasteiger partial charge in [-0.15, -0.1) is 0 Å². The minimum atomic E-state index is 0.404. The molecule has 0 radical (unpaired) electrons. The molecule has 0 saturated carbocycles. The molecule has 0 saturated heterocycles. The fourth-order valence-corrected chi connectivity index (χ4v) is 3.48. The molecule has 2 aromatic carbocycles. The summed E-state index contributed by atoms with van der Waals surface area (Å²) in [6, 6.07) is 14.1. The summed E-state index contributed by atoms with van der Waals surface area (Å²) in [5, 5.41) is 0. The van der Waals surface area contributed by atoms with E-state index < -0.39 is 0 Å². The molecule has 108 valence electrons. The van der Waals surface area contributed by atoms with E-state index in [0.717, 1.165) is 23.6 Å². The summed E-state index contributed by atoms with van der Waals surface area (Å²) < 4.78 is 6.81. The number of halogens is 1. The highest BCUT2D eigenvalue weighted by Gasteiger charge is 2.21. The summed E-state index contributed by atoms with van der Waals surface area (Å²) >= 11 is 3.46. The second-order valence-corrected chi connectivity index (χ2v) is 6.23. The minimum absolute atomic E-state index is 0.404. The Bertz CT molecular complexity index is 651. The second-order valence-electron chi connectivity index (χ2n) is 5.38. The molecule has 0 aliphatic heterocycles. The highest BCUT2D eigenvalue weighted by molar-refractivity contribution is 9.10. The molecule has 21 heavy (non-hydrogen) atoms. The van der Waals surface area contributed by atoms with Crippen LogP contribution in [-0.4, -0.2) is 12.9 Å². The van der Waals surface area contributed by atoms with Crippen molar-refractivity contribution in [2.45, 2.75) is 25.2 Å². The van der Waals surface area contributed by atoms with E-state index in [2.05, 4.69) is 40.2 Å². The number of hydrogen-bond acceptors (Lipinski definition) is 2. The molecule has 0 N–H and O–H groups in total. The van der Waals surface area contributed by atoms with Gasteiger partial charge in [0, 0.05) is 5.92 Å². The number of hydrogen-bond donors (Lipinski definition) is 0. The third kappa shape index (κ3) is 3.03. The van der Waals surface area contributed by atoms with Crippen molar-refractivity contribution in [3.63, 3.8) is 0 Å². The molecule has 0 spiro atoms. The van der Waals surface area contributed by atoms with Gasteiger partial charge in [-0.1, -0.05) is 30.3 Å². The summed E-state index contributed by atoms with van der Waals surface area (Å²) in [5.41, 5.74) is 3.41. The van der Waals surface area contributed by atoms with Gasteiger partial charge in [-0.3, -0.25) is 4.79 Å². The number of carbonyl (C=O) groups is 1. The molecule has 2 nitrogen and oxygen atoms in total. The molecule has 1 unspecified atom stereocenters. The summed E-state index contributed by atoms with van der Waals surface area (Å²) in [4.78, 5) is 11.1. The molecule has 2 aromatic rings. The monoisotopic (exact) mass is 344 g/mol. The molecule has 1 atom stereocenters. The van der Waals surface area contributed by atoms with Gasteiger partial charge in [0.2, 0.25) is 0 Å². The van der Waals surface area contributed by atoms with Crippen LogP contribution in [0.2, 0.25) is 0 Å². The number of aldehydes is 1. The van der Waals surface area contributed by atoms with Crippen LogP contribution in [0.15, 0.2) is 46.9 Å². The third-order valence-corrected chi connectivity index (χ3v) is 4.67. The van der Waals surface area contributed by atoms with Crippen LogP contribution in [0, 0.1) is 0 Å². The van der Waals surface area contributed by atoms with Crippen LogP contribution in [0.1, 0.15) is 40.2 Å². The van der Waals surface area contributed by atoms with Crippen molar-refractivity contribution < 1.29 is 9.53 Å². The Hall–Kier alpha value is -1.61. The van der Waals surface area contributed by atoms with Crippen molar-refractivity contribution in [3.8, 4) is 5.75 Å². The standard InChI is InChI=1S/C18H17BrO2/c19-17-10-4-7-14(11-20)18(17)21-12-15-8-3-6-13-5-1-2-9-16(13)15/h1-2,4-5,7,9-11,15H,3,6,8,12H2. The first-order valence-electron chi connectivity index (χ1n) is 7.24. The van der Waals surface area contributed by atoms with E-state index in [9.17, 15) is 4.79 Å². The summed E-state index contributed by atoms with van der Waals surface area (Å²) in [5.74, 6) is 1.05. The molecule has 3 heteroatoms. The van der Waals surface area contributed by atoms with Crippen molar-refractivity contribution in [3.05, 3.63) is 63.6 Å². The topological polar surface area (TPSA) is 26.3 Å². The SMILES string of the molecule is O=Cc1cccc(Br)c1OCC1CCCc2ccccc21. The first-order chi connectivity index (χ1) is 10.3. The van der Waals surface area contributed by atoms with E-state index in [1.807, 2.05) is 12.1 Å². The van der Waals surface area contributed by atoms with Gasteiger partial charge in [-0.25, -0.2) is 0 Å². The fraction of sp³-hybridized carbons (Fsp3) is 0.278. The molecule has 3 rings (SSSR count). The largest absolute Gasteiger partial charge is 0.491 e. The van der Waals surface area contributed by atoms with E-state index in [0.29, 0.717) is 23.8 Å². The van der Waals surface area contributed by atoms with E-state index in [4.69, 9.17) is 4.74 Å². The number of para-hydroxylation sites is 1. The molecular formula is C18H17BrO2. The lowest BCUT2D eigenvalue weighted by Gasteiger charge is -2.26. The summed E-state index contributed by atoms with van der Waals surface area (Å²) in [6.07, 6.45) is 4.33. The molecule has 1 aliphatic rings. The Labute approximate surface area is 133 Å². The highest BCUT2D eigenvalue weighted by Crippen LogP contribution is 2.34. The van der Waals surface area contributed by atoms with Crippen LogP contribution in [0.5, 0.6) is 5.75 Å². The first-order valence-corrected chi connectivity index (χ1v) is 8.03. The molecular weight excluding hydrogens is 328 g/mol. The Morgan fingerprint density at radius 2 is 2.05 bits per heavy atom. The van der Waals surface area contributed by atoms with Crippen LogP contribution in [0.3, 0.4) is 0 Å². The van der Waals surface area contributed by atoms with Crippen LogP contribution in [0.4, 0.5) is 0 Å². The van der Waals surface area contributed by atoms with Gasteiger partial charge in [0.1, 0.15) is 5.75 Å². The Morgan fingerprint density at radius 1 is 1.19 bits per heavy atom. The maximum Gasteiger partial charge on any atom is 0.153 e. The molecule has 0 fully saturated rings. The first kappa shape index (κ1) is 14.3. The lowest BCUT2D eigenvalue weighted by molar-refractivity contribution is 0.111. The normalized spacial score (nSPS) is 17.1. The number of fused-ring (bicyclic) bond motifs is 1. The smallest absolute Gasteiger partial charge is 0.153 e. The zero-order valence-electron chi connectivity index (χ0n) is 11.7. The summed E-state index contributed by atoms with van der Waals surface area (Å²) in [7, 11) is 0. The van der Waals surface area contributed by atoms with Crippen LogP contribution >= 0.6 is 15.9 Å². The second kappa shape index (κ2) is 6.44. The average molecular weight is 345 g/mol. The lowest BCUT2D eigenvalue weighted by atomic mass is 9.83. The van der Waals surface area contributed by atoms with Gasteiger partial charge in [0.15, 0.2) is 6.29 Å². The Kier molecular flexibility index (Phi) is 4.39. The highest BCUT2D eigenvalue weighted by atomic mass is 79.9. The fourth-order valence-electron chi connectivity index (χ4n) is 2.98.